The Labute approximate surface area is 199 Å². The third-order valence-electron chi connectivity index (χ3n) is 5.70. The van der Waals surface area contributed by atoms with Crippen molar-refractivity contribution >= 4 is 34.2 Å². The molecule has 1 N–H and O–H groups in total. The Bertz CT molecular complexity index is 1540. The van der Waals surface area contributed by atoms with Crippen LogP contribution in [-0.2, 0) is 13.6 Å². The van der Waals surface area contributed by atoms with Gasteiger partial charge in [-0.3, -0.25) is 14.2 Å². The fourth-order valence-electron chi connectivity index (χ4n) is 3.78. The number of nitrogens with zero attached hydrogens (tertiary/aromatic N) is 5. The minimum atomic E-state index is -0.396. The summed E-state index contributed by atoms with van der Waals surface area (Å²) < 4.78 is 16.7. The molecule has 34 heavy (non-hydrogen) atoms. The Kier molecular flexibility index (Phi) is 5.59. The van der Waals surface area contributed by atoms with Crippen molar-refractivity contribution in [2.24, 2.45) is 7.05 Å². The third-order valence-corrected chi connectivity index (χ3v) is 6.05. The van der Waals surface area contributed by atoms with Crippen LogP contribution in [0.2, 0.25) is 5.02 Å². The molecule has 0 bridgehead atoms. The van der Waals surface area contributed by atoms with Gasteiger partial charge in [-0.1, -0.05) is 35.9 Å². The van der Waals surface area contributed by atoms with Crippen molar-refractivity contribution in [3.63, 3.8) is 0 Å². The van der Waals surface area contributed by atoms with E-state index in [1.807, 2.05) is 38.2 Å². The molecule has 0 saturated heterocycles. The SMILES string of the molecule is Cc1c(-c2cc(C(=O)Nc3ccn(Cc4ccc(F)cc4Cl)n3)c3ccccc3n2)cnn1C. The highest BCUT2D eigenvalue weighted by molar-refractivity contribution is 6.31. The summed E-state index contributed by atoms with van der Waals surface area (Å²) in [5.41, 5.74) is 4.41. The predicted octanol–water partition coefficient (Wildman–Crippen LogP) is 5.23. The number of halogens is 2. The van der Waals surface area contributed by atoms with Gasteiger partial charge in [0.05, 0.1) is 29.5 Å². The van der Waals surface area contributed by atoms with Gasteiger partial charge in [0.2, 0.25) is 0 Å². The Morgan fingerprint density at radius 2 is 1.97 bits per heavy atom. The molecule has 0 fully saturated rings. The molecule has 9 heteroatoms. The molecular weight excluding hydrogens is 455 g/mol. The van der Waals surface area contributed by atoms with E-state index in [2.05, 4.69) is 15.5 Å². The first-order chi connectivity index (χ1) is 16.4. The second-order valence-electron chi connectivity index (χ2n) is 7.93. The van der Waals surface area contributed by atoms with Crippen LogP contribution in [0.25, 0.3) is 22.2 Å². The summed E-state index contributed by atoms with van der Waals surface area (Å²) in [7, 11) is 1.86. The number of amides is 1. The molecule has 0 aliphatic rings. The number of benzene rings is 2. The summed E-state index contributed by atoms with van der Waals surface area (Å²) in [4.78, 5) is 18.0. The van der Waals surface area contributed by atoms with Crippen LogP contribution in [0.3, 0.4) is 0 Å². The first kappa shape index (κ1) is 21.8. The molecule has 3 aromatic heterocycles. The van der Waals surface area contributed by atoms with E-state index in [1.165, 1.54) is 12.1 Å². The highest BCUT2D eigenvalue weighted by Crippen LogP contribution is 2.27. The molecule has 1 amide bonds. The van der Waals surface area contributed by atoms with Gasteiger partial charge in [0.1, 0.15) is 5.82 Å². The molecule has 5 aromatic rings. The lowest BCUT2D eigenvalue weighted by atomic mass is 10.0. The van der Waals surface area contributed by atoms with Crippen LogP contribution in [0, 0.1) is 12.7 Å². The zero-order chi connectivity index (χ0) is 23.8. The van der Waals surface area contributed by atoms with E-state index < -0.39 is 5.82 Å². The van der Waals surface area contributed by atoms with Crippen molar-refractivity contribution in [2.45, 2.75) is 13.5 Å². The van der Waals surface area contributed by atoms with Crippen LogP contribution >= 0.6 is 11.6 Å². The van der Waals surface area contributed by atoms with Gasteiger partial charge in [0.25, 0.3) is 5.91 Å². The summed E-state index contributed by atoms with van der Waals surface area (Å²) >= 11 is 6.12. The molecule has 0 atom stereocenters. The van der Waals surface area contributed by atoms with Crippen molar-refractivity contribution < 1.29 is 9.18 Å². The normalized spacial score (nSPS) is 11.2. The Morgan fingerprint density at radius 3 is 2.74 bits per heavy atom. The van der Waals surface area contributed by atoms with Gasteiger partial charge < -0.3 is 5.32 Å². The largest absolute Gasteiger partial charge is 0.305 e. The van der Waals surface area contributed by atoms with Crippen LogP contribution in [0.1, 0.15) is 21.6 Å². The molecule has 0 saturated carbocycles. The second kappa shape index (κ2) is 8.72. The quantitative estimate of drug-likeness (QED) is 0.378. The van der Waals surface area contributed by atoms with Gasteiger partial charge >= 0.3 is 0 Å². The number of hydrogen-bond acceptors (Lipinski definition) is 4. The maximum Gasteiger partial charge on any atom is 0.257 e. The molecule has 0 aliphatic heterocycles. The van der Waals surface area contributed by atoms with E-state index in [4.69, 9.17) is 16.6 Å². The van der Waals surface area contributed by atoms with Gasteiger partial charge in [0.15, 0.2) is 5.82 Å². The number of rotatable bonds is 5. The zero-order valence-electron chi connectivity index (χ0n) is 18.5. The number of hydrogen-bond donors (Lipinski definition) is 1. The average molecular weight is 475 g/mol. The first-order valence-corrected chi connectivity index (χ1v) is 10.9. The molecule has 5 rings (SSSR count). The van der Waals surface area contributed by atoms with E-state index in [0.29, 0.717) is 34.2 Å². The third kappa shape index (κ3) is 4.15. The lowest BCUT2D eigenvalue weighted by Gasteiger charge is -2.10. The molecule has 0 unspecified atom stereocenters. The van der Waals surface area contributed by atoms with Crippen molar-refractivity contribution in [1.29, 1.82) is 0 Å². The first-order valence-electron chi connectivity index (χ1n) is 10.6. The van der Waals surface area contributed by atoms with E-state index in [-0.39, 0.29) is 5.91 Å². The Hall–Kier alpha value is -4.04. The molecular formula is C25H20ClFN6O. The lowest BCUT2D eigenvalue weighted by Crippen LogP contribution is -2.14. The van der Waals surface area contributed by atoms with Crippen molar-refractivity contribution in [2.75, 3.05) is 5.32 Å². The highest BCUT2D eigenvalue weighted by Gasteiger charge is 2.17. The van der Waals surface area contributed by atoms with Crippen molar-refractivity contribution in [1.82, 2.24) is 24.5 Å². The Morgan fingerprint density at radius 1 is 1.15 bits per heavy atom. The number of para-hydroxylation sites is 1. The van der Waals surface area contributed by atoms with E-state index >= 15 is 0 Å². The fraction of sp³-hybridized carbons (Fsp3) is 0.120. The van der Waals surface area contributed by atoms with Crippen LogP contribution in [0.15, 0.2) is 67.0 Å². The average Bonchev–Trinajstić information content (AvgIpc) is 3.40. The number of carbonyl (C=O) groups is 1. The monoisotopic (exact) mass is 474 g/mol. The molecule has 170 valence electrons. The van der Waals surface area contributed by atoms with E-state index in [0.717, 1.165) is 22.2 Å². The lowest BCUT2D eigenvalue weighted by molar-refractivity contribution is 0.102. The number of nitrogens with one attached hydrogen (secondary N) is 1. The van der Waals surface area contributed by atoms with Gasteiger partial charge in [0, 0.05) is 41.0 Å². The molecule has 2 aromatic carbocycles. The second-order valence-corrected chi connectivity index (χ2v) is 8.34. The van der Waals surface area contributed by atoms with E-state index in [1.54, 1.807) is 40.0 Å². The predicted molar refractivity (Wildman–Crippen MR) is 129 cm³/mol. The highest BCUT2D eigenvalue weighted by atomic mass is 35.5. The Balaban J connectivity index is 1.44. The number of pyridine rings is 1. The zero-order valence-corrected chi connectivity index (χ0v) is 19.2. The molecule has 3 heterocycles. The molecule has 0 aliphatic carbocycles. The summed E-state index contributed by atoms with van der Waals surface area (Å²) in [5, 5.41) is 12.6. The molecule has 0 spiro atoms. The van der Waals surface area contributed by atoms with Crippen molar-refractivity contribution in [3.05, 3.63) is 94.7 Å². The summed E-state index contributed by atoms with van der Waals surface area (Å²) in [5.74, 6) is -0.303. The van der Waals surface area contributed by atoms with Crippen LogP contribution in [0.5, 0.6) is 0 Å². The van der Waals surface area contributed by atoms with Crippen LogP contribution in [-0.4, -0.2) is 30.5 Å². The topological polar surface area (TPSA) is 77.6 Å². The number of carbonyl (C=O) groups excluding carboxylic acids is 1. The van der Waals surface area contributed by atoms with Gasteiger partial charge in [-0.15, -0.1) is 0 Å². The number of aryl methyl sites for hydroxylation is 1. The fourth-order valence-corrected chi connectivity index (χ4v) is 4.00. The number of fused-ring (bicyclic) bond motifs is 1. The maximum absolute atomic E-state index is 13.3. The number of aromatic nitrogens is 5. The van der Waals surface area contributed by atoms with Crippen LogP contribution in [0.4, 0.5) is 10.2 Å². The summed E-state index contributed by atoms with van der Waals surface area (Å²) in [6, 6.07) is 15.2. The van der Waals surface area contributed by atoms with Crippen molar-refractivity contribution in [3.8, 4) is 11.3 Å². The summed E-state index contributed by atoms with van der Waals surface area (Å²) in [6.45, 7) is 2.30. The molecule has 7 nitrogen and oxygen atoms in total. The van der Waals surface area contributed by atoms with Gasteiger partial charge in [-0.2, -0.15) is 10.2 Å². The smallest absolute Gasteiger partial charge is 0.257 e. The maximum atomic E-state index is 13.3. The van der Waals surface area contributed by atoms with Gasteiger partial charge in [-0.05, 0) is 36.8 Å². The standard InChI is InChI=1S/C25H20ClFN6O/c1-15-20(13-28-32(15)2)23-12-19(18-5-3-4-6-22(18)29-23)25(34)30-24-9-10-33(31-24)14-16-7-8-17(27)11-21(16)26/h3-13H,14H2,1-2H3,(H,30,31,34). The van der Waals surface area contributed by atoms with Crippen LogP contribution < -0.4 is 5.32 Å². The van der Waals surface area contributed by atoms with E-state index in [9.17, 15) is 9.18 Å². The minimum absolute atomic E-state index is 0.300. The van der Waals surface area contributed by atoms with Gasteiger partial charge in [-0.25, -0.2) is 9.37 Å². The molecule has 0 radical (unpaired) electrons. The summed E-state index contributed by atoms with van der Waals surface area (Å²) in [6.07, 6.45) is 3.47. The number of anilines is 1. The minimum Gasteiger partial charge on any atom is -0.305 e.